The lowest BCUT2D eigenvalue weighted by Gasteiger charge is -2.28. The van der Waals surface area contributed by atoms with E-state index in [1.54, 1.807) is 12.3 Å². The zero-order valence-electron chi connectivity index (χ0n) is 22.5. The monoisotopic (exact) mass is 593 g/mol. The fourth-order valence-electron chi connectivity index (χ4n) is 5.32. The Balaban J connectivity index is 1.63. The van der Waals surface area contributed by atoms with Gasteiger partial charge in [-0.2, -0.15) is 0 Å². The number of aromatic nitrogens is 2. The number of hydrogen-bond acceptors (Lipinski definition) is 4. The molecule has 1 amide bonds. The van der Waals surface area contributed by atoms with Crippen LogP contribution in [0.25, 0.3) is 5.69 Å². The maximum absolute atomic E-state index is 12.1. The highest BCUT2D eigenvalue weighted by Gasteiger charge is 2.42. The molecule has 3 heterocycles. The van der Waals surface area contributed by atoms with E-state index in [0.29, 0.717) is 15.8 Å². The standard InChI is InChI=1S/C30H29Cl2N5O2S/c1-17-14-21(19(3)36(17)26-10-7-8-22(31)18(26)2)29-28(25-9-5-6-13-33-25)35-30(40)37(29)20-11-12-24(23(32)15-20)34-27(38)16-39-4/h5-15,28-29H,16H2,1-4H3,(H,34,38)(H,35,40)/t28-,29+/m0/s1. The zero-order chi connectivity index (χ0) is 28.6. The average Bonchev–Trinajstić information content (AvgIpc) is 3.42. The molecule has 0 bridgehead atoms. The van der Waals surface area contributed by atoms with Crippen molar-refractivity contribution in [3.8, 4) is 5.69 Å². The van der Waals surface area contributed by atoms with Gasteiger partial charge in [0.25, 0.3) is 0 Å². The Morgan fingerprint density at radius 2 is 1.88 bits per heavy atom. The number of halogens is 2. The summed E-state index contributed by atoms with van der Waals surface area (Å²) in [5.41, 5.74) is 7.43. The Morgan fingerprint density at radius 3 is 2.58 bits per heavy atom. The normalized spacial score (nSPS) is 16.8. The predicted octanol–water partition coefficient (Wildman–Crippen LogP) is 6.87. The lowest BCUT2D eigenvalue weighted by molar-refractivity contribution is -0.119. The molecule has 0 unspecified atom stereocenters. The van der Waals surface area contributed by atoms with Crippen LogP contribution in [0.3, 0.4) is 0 Å². The van der Waals surface area contributed by atoms with Crippen molar-refractivity contribution < 1.29 is 9.53 Å². The fourth-order valence-corrected chi connectivity index (χ4v) is 6.06. The van der Waals surface area contributed by atoms with Crippen LogP contribution in [-0.2, 0) is 9.53 Å². The van der Waals surface area contributed by atoms with Gasteiger partial charge in [0.05, 0.1) is 28.5 Å². The van der Waals surface area contributed by atoms with Crippen LogP contribution in [0.2, 0.25) is 10.0 Å². The number of nitrogens with one attached hydrogen (secondary N) is 2. The predicted molar refractivity (Wildman–Crippen MR) is 165 cm³/mol. The molecule has 0 saturated carbocycles. The van der Waals surface area contributed by atoms with E-state index in [1.807, 2.05) is 49.4 Å². The lowest BCUT2D eigenvalue weighted by Crippen LogP contribution is -2.29. The highest BCUT2D eigenvalue weighted by molar-refractivity contribution is 7.80. The molecular weight excluding hydrogens is 565 g/mol. The number of aryl methyl sites for hydroxylation is 1. The Hall–Kier alpha value is -3.43. The summed E-state index contributed by atoms with van der Waals surface area (Å²) in [6.45, 7) is 6.17. The molecule has 1 saturated heterocycles. The summed E-state index contributed by atoms with van der Waals surface area (Å²) in [6, 6.07) is 19.0. The fraction of sp³-hybridized carbons (Fsp3) is 0.233. The third kappa shape index (κ3) is 5.20. The molecule has 2 aromatic carbocycles. The second-order valence-electron chi connectivity index (χ2n) is 9.69. The van der Waals surface area contributed by atoms with E-state index in [-0.39, 0.29) is 24.6 Å². The molecule has 2 atom stereocenters. The van der Waals surface area contributed by atoms with Crippen LogP contribution in [0.15, 0.2) is 66.9 Å². The van der Waals surface area contributed by atoms with Gasteiger partial charge in [-0.05, 0) is 92.6 Å². The first kappa shape index (κ1) is 28.1. The number of thiocarbonyl (C=S) groups is 1. The van der Waals surface area contributed by atoms with Crippen LogP contribution in [-0.4, -0.2) is 34.3 Å². The molecule has 1 aliphatic rings. The van der Waals surface area contributed by atoms with Crippen molar-refractivity contribution in [2.24, 2.45) is 0 Å². The van der Waals surface area contributed by atoms with Crippen LogP contribution >= 0.6 is 35.4 Å². The molecule has 40 heavy (non-hydrogen) atoms. The van der Waals surface area contributed by atoms with Crippen molar-refractivity contribution in [1.82, 2.24) is 14.9 Å². The van der Waals surface area contributed by atoms with Crippen molar-refractivity contribution in [3.63, 3.8) is 0 Å². The van der Waals surface area contributed by atoms with E-state index < -0.39 is 0 Å². The van der Waals surface area contributed by atoms with Gasteiger partial charge < -0.3 is 24.8 Å². The maximum atomic E-state index is 12.1. The third-order valence-corrected chi connectivity index (χ3v) is 8.18. The number of pyridine rings is 1. The Kier molecular flexibility index (Phi) is 8.14. The Labute approximate surface area is 249 Å². The van der Waals surface area contributed by atoms with Crippen LogP contribution in [0.1, 0.15) is 40.3 Å². The number of carbonyl (C=O) groups is 1. The van der Waals surface area contributed by atoms with Crippen molar-refractivity contribution in [1.29, 1.82) is 0 Å². The van der Waals surface area contributed by atoms with Crippen LogP contribution < -0.4 is 15.5 Å². The number of ether oxygens (including phenoxy) is 1. The van der Waals surface area contributed by atoms with E-state index in [1.165, 1.54) is 7.11 Å². The van der Waals surface area contributed by atoms with Gasteiger partial charge in [-0.3, -0.25) is 9.78 Å². The molecule has 7 nitrogen and oxygen atoms in total. The quantitative estimate of drug-likeness (QED) is 0.228. The summed E-state index contributed by atoms with van der Waals surface area (Å²) in [4.78, 5) is 18.8. The van der Waals surface area contributed by atoms with Crippen LogP contribution in [0.5, 0.6) is 0 Å². The molecule has 1 fully saturated rings. The number of anilines is 2. The van der Waals surface area contributed by atoms with Crippen molar-refractivity contribution in [2.75, 3.05) is 23.9 Å². The van der Waals surface area contributed by atoms with Gasteiger partial charge in [-0.15, -0.1) is 0 Å². The van der Waals surface area contributed by atoms with Crippen molar-refractivity contribution in [3.05, 3.63) is 105 Å². The molecule has 0 aliphatic carbocycles. The molecule has 0 radical (unpaired) electrons. The smallest absolute Gasteiger partial charge is 0.250 e. The summed E-state index contributed by atoms with van der Waals surface area (Å²) in [5, 5.41) is 7.94. The van der Waals surface area contributed by atoms with Gasteiger partial charge in [0, 0.05) is 41.1 Å². The van der Waals surface area contributed by atoms with E-state index in [0.717, 1.165) is 44.6 Å². The van der Waals surface area contributed by atoms with E-state index in [9.17, 15) is 4.79 Å². The van der Waals surface area contributed by atoms with Gasteiger partial charge >= 0.3 is 0 Å². The first-order chi connectivity index (χ1) is 19.2. The van der Waals surface area contributed by atoms with Crippen LogP contribution in [0, 0.1) is 20.8 Å². The first-order valence-electron chi connectivity index (χ1n) is 12.7. The molecular formula is C30H29Cl2N5O2S. The first-order valence-corrected chi connectivity index (χ1v) is 13.9. The van der Waals surface area contributed by atoms with Gasteiger partial charge in [0.2, 0.25) is 5.91 Å². The largest absolute Gasteiger partial charge is 0.375 e. The third-order valence-electron chi connectivity index (χ3n) is 7.15. The summed E-state index contributed by atoms with van der Waals surface area (Å²) in [7, 11) is 1.47. The minimum absolute atomic E-state index is 0.0617. The number of rotatable bonds is 7. The molecule has 2 N–H and O–H groups in total. The molecule has 4 aromatic rings. The molecule has 5 rings (SSSR count). The van der Waals surface area contributed by atoms with Gasteiger partial charge in [0.1, 0.15) is 6.61 Å². The summed E-state index contributed by atoms with van der Waals surface area (Å²) < 4.78 is 7.15. The van der Waals surface area contributed by atoms with Crippen molar-refractivity contribution in [2.45, 2.75) is 32.9 Å². The Morgan fingerprint density at radius 1 is 1.07 bits per heavy atom. The number of hydrogen-bond donors (Lipinski definition) is 2. The highest BCUT2D eigenvalue weighted by atomic mass is 35.5. The molecule has 206 valence electrons. The number of methoxy groups -OCH3 is 1. The van der Waals surface area contributed by atoms with Crippen molar-refractivity contribution >= 4 is 57.8 Å². The SMILES string of the molecule is COCC(=O)Nc1ccc(N2C(=S)N[C@@H](c3ccccn3)[C@H]2c2cc(C)n(-c3cccc(Cl)c3C)c2C)cc1Cl. The molecule has 10 heteroatoms. The second kappa shape index (κ2) is 11.6. The average molecular weight is 595 g/mol. The number of carbonyl (C=O) groups excluding carboxylic acids is 1. The van der Waals surface area contributed by atoms with Gasteiger partial charge in [-0.25, -0.2) is 0 Å². The number of benzene rings is 2. The summed E-state index contributed by atoms with van der Waals surface area (Å²) in [5.74, 6) is -0.285. The molecule has 0 spiro atoms. The zero-order valence-corrected chi connectivity index (χ0v) is 24.9. The minimum atomic E-state index is -0.285. The molecule has 2 aromatic heterocycles. The number of amides is 1. The van der Waals surface area contributed by atoms with Gasteiger partial charge in [-0.1, -0.05) is 35.3 Å². The van der Waals surface area contributed by atoms with E-state index in [4.69, 9.17) is 40.2 Å². The van der Waals surface area contributed by atoms with E-state index >= 15 is 0 Å². The summed E-state index contributed by atoms with van der Waals surface area (Å²) >= 11 is 19.1. The topological polar surface area (TPSA) is 71.4 Å². The lowest BCUT2D eigenvalue weighted by atomic mass is 9.96. The maximum Gasteiger partial charge on any atom is 0.250 e. The summed E-state index contributed by atoms with van der Waals surface area (Å²) in [6.07, 6.45) is 1.78. The minimum Gasteiger partial charge on any atom is -0.375 e. The second-order valence-corrected chi connectivity index (χ2v) is 10.9. The Bertz CT molecular complexity index is 1590. The van der Waals surface area contributed by atoms with Crippen LogP contribution in [0.4, 0.5) is 11.4 Å². The van der Waals surface area contributed by atoms with E-state index in [2.05, 4.69) is 51.1 Å². The molecule has 1 aliphatic heterocycles. The van der Waals surface area contributed by atoms with Gasteiger partial charge in [0.15, 0.2) is 5.11 Å². The number of nitrogens with zero attached hydrogens (tertiary/aromatic N) is 3. The highest BCUT2D eigenvalue weighted by Crippen LogP contribution is 2.45.